The molecule has 1 aromatic rings. The average molecular weight is 346 g/mol. The summed E-state index contributed by atoms with van der Waals surface area (Å²) in [5.74, 6) is 2.27. The molecule has 0 N–H and O–H groups in total. The number of methoxy groups -OCH3 is 1. The topological polar surface area (TPSA) is 67.8 Å². The Balaban J connectivity index is 1.27. The number of ether oxygens (including phenoxy) is 2. The van der Waals surface area contributed by atoms with Crippen molar-refractivity contribution in [2.75, 3.05) is 44.8 Å². The second-order valence-corrected chi connectivity index (χ2v) is 7.47. The van der Waals surface area contributed by atoms with E-state index in [4.69, 9.17) is 9.47 Å². The van der Waals surface area contributed by atoms with E-state index in [0.717, 1.165) is 70.7 Å². The van der Waals surface area contributed by atoms with Crippen molar-refractivity contribution in [3.8, 4) is 5.88 Å². The van der Waals surface area contributed by atoms with Crippen LogP contribution in [0.4, 0.5) is 5.82 Å². The van der Waals surface area contributed by atoms with Crippen LogP contribution < -0.4 is 9.64 Å². The van der Waals surface area contributed by atoms with E-state index in [2.05, 4.69) is 14.9 Å². The number of hydrogen-bond donors (Lipinski definition) is 0. The standard InChI is InChI=1S/C18H26N4O3/c1-24-16-8-15(19-13-20-16)22-11-18(12-22)6-5-14(10-25-18)9-21-7-3-2-4-17(21)23/h8,13-14H,2-7,9-12H2,1H3/t14-/m0/s1. The predicted octanol–water partition coefficient (Wildman–Crippen LogP) is 1.48. The largest absolute Gasteiger partial charge is 0.481 e. The third-order valence-corrected chi connectivity index (χ3v) is 5.65. The summed E-state index contributed by atoms with van der Waals surface area (Å²) in [6.45, 7) is 4.27. The van der Waals surface area contributed by atoms with Crippen LogP contribution in [0.15, 0.2) is 12.4 Å². The molecule has 7 nitrogen and oxygen atoms in total. The van der Waals surface area contributed by atoms with E-state index in [9.17, 15) is 4.79 Å². The maximum absolute atomic E-state index is 12.0. The number of likely N-dealkylation sites (tertiary alicyclic amines) is 1. The summed E-state index contributed by atoms with van der Waals surface area (Å²) in [5.41, 5.74) is -0.0411. The number of carbonyl (C=O) groups excluding carboxylic acids is 1. The van der Waals surface area contributed by atoms with E-state index in [1.54, 1.807) is 7.11 Å². The highest BCUT2D eigenvalue weighted by Crippen LogP contribution is 2.38. The van der Waals surface area contributed by atoms with Gasteiger partial charge in [0.05, 0.1) is 26.8 Å². The number of hydrogen-bond acceptors (Lipinski definition) is 6. The lowest BCUT2D eigenvalue weighted by Gasteiger charge is -2.53. The van der Waals surface area contributed by atoms with Gasteiger partial charge in [-0.2, -0.15) is 0 Å². The Hall–Kier alpha value is -1.89. The Bertz CT molecular complexity index is 623. The Kier molecular flexibility index (Phi) is 4.50. The van der Waals surface area contributed by atoms with Crippen LogP contribution in [0.2, 0.25) is 0 Å². The Morgan fingerprint density at radius 3 is 2.96 bits per heavy atom. The van der Waals surface area contributed by atoms with Gasteiger partial charge in [0, 0.05) is 31.5 Å². The van der Waals surface area contributed by atoms with Gasteiger partial charge in [0.1, 0.15) is 17.7 Å². The van der Waals surface area contributed by atoms with Crippen LogP contribution in [-0.2, 0) is 9.53 Å². The molecule has 136 valence electrons. The quantitative estimate of drug-likeness (QED) is 0.823. The van der Waals surface area contributed by atoms with E-state index >= 15 is 0 Å². The third kappa shape index (κ3) is 3.42. The van der Waals surface area contributed by atoms with Gasteiger partial charge < -0.3 is 19.3 Å². The average Bonchev–Trinajstić information content (AvgIpc) is 2.62. The molecule has 4 rings (SSSR count). The summed E-state index contributed by atoms with van der Waals surface area (Å²) in [7, 11) is 1.61. The van der Waals surface area contributed by atoms with Gasteiger partial charge in [0.15, 0.2) is 0 Å². The fourth-order valence-corrected chi connectivity index (χ4v) is 4.10. The molecule has 3 fully saturated rings. The van der Waals surface area contributed by atoms with Crippen molar-refractivity contribution in [3.05, 3.63) is 12.4 Å². The van der Waals surface area contributed by atoms with Crippen LogP contribution in [0, 0.1) is 5.92 Å². The number of rotatable bonds is 4. The van der Waals surface area contributed by atoms with Gasteiger partial charge in [0.25, 0.3) is 0 Å². The van der Waals surface area contributed by atoms with Gasteiger partial charge in [0.2, 0.25) is 11.8 Å². The molecule has 0 aromatic carbocycles. The maximum Gasteiger partial charge on any atom is 0.222 e. The molecule has 0 radical (unpaired) electrons. The second kappa shape index (κ2) is 6.78. The summed E-state index contributed by atoms with van der Waals surface area (Å²) >= 11 is 0. The molecule has 4 heterocycles. The monoisotopic (exact) mass is 346 g/mol. The van der Waals surface area contributed by atoms with Crippen LogP contribution in [0.1, 0.15) is 32.1 Å². The fourth-order valence-electron chi connectivity index (χ4n) is 4.10. The minimum Gasteiger partial charge on any atom is -0.481 e. The van der Waals surface area contributed by atoms with Crippen molar-refractivity contribution in [1.82, 2.24) is 14.9 Å². The summed E-state index contributed by atoms with van der Waals surface area (Å²) in [6, 6.07) is 1.86. The van der Waals surface area contributed by atoms with Gasteiger partial charge in [-0.25, -0.2) is 9.97 Å². The van der Waals surface area contributed by atoms with E-state index < -0.39 is 0 Å². The molecular weight excluding hydrogens is 320 g/mol. The molecule has 0 saturated carbocycles. The summed E-state index contributed by atoms with van der Waals surface area (Å²) in [6.07, 6.45) is 6.62. The number of amides is 1. The molecule has 3 aliphatic heterocycles. The first-order valence-electron chi connectivity index (χ1n) is 9.20. The smallest absolute Gasteiger partial charge is 0.222 e. The van der Waals surface area contributed by atoms with Crippen LogP contribution in [-0.4, -0.2) is 66.3 Å². The number of carbonyl (C=O) groups is 1. The van der Waals surface area contributed by atoms with E-state index in [-0.39, 0.29) is 5.60 Å². The van der Waals surface area contributed by atoms with Crippen molar-refractivity contribution in [1.29, 1.82) is 0 Å². The highest BCUT2D eigenvalue weighted by molar-refractivity contribution is 5.76. The molecule has 0 aliphatic carbocycles. The van der Waals surface area contributed by atoms with Crippen molar-refractivity contribution < 1.29 is 14.3 Å². The number of piperidine rings is 1. The highest BCUT2D eigenvalue weighted by atomic mass is 16.5. The fraction of sp³-hybridized carbons (Fsp3) is 0.722. The lowest BCUT2D eigenvalue weighted by Crippen LogP contribution is -2.65. The Morgan fingerprint density at radius 2 is 2.24 bits per heavy atom. The third-order valence-electron chi connectivity index (χ3n) is 5.65. The SMILES string of the molecule is COc1cc(N2CC3(CC[C@@H](CN4CCCCC4=O)CO3)C2)ncn1. The highest BCUT2D eigenvalue weighted by Gasteiger charge is 2.47. The summed E-state index contributed by atoms with van der Waals surface area (Å²) in [4.78, 5) is 24.6. The zero-order valence-corrected chi connectivity index (χ0v) is 14.8. The Labute approximate surface area is 148 Å². The van der Waals surface area contributed by atoms with Crippen molar-refractivity contribution in [2.24, 2.45) is 5.92 Å². The normalized spacial score (nSPS) is 25.8. The first-order chi connectivity index (χ1) is 12.2. The lowest BCUT2D eigenvalue weighted by molar-refractivity contribution is -0.139. The molecule has 25 heavy (non-hydrogen) atoms. The van der Waals surface area contributed by atoms with Gasteiger partial charge in [-0.1, -0.05) is 0 Å². The predicted molar refractivity (Wildman–Crippen MR) is 92.6 cm³/mol. The van der Waals surface area contributed by atoms with E-state index in [1.807, 2.05) is 11.0 Å². The van der Waals surface area contributed by atoms with Gasteiger partial charge in [-0.3, -0.25) is 4.79 Å². The molecule has 1 atom stereocenters. The maximum atomic E-state index is 12.0. The van der Waals surface area contributed by atoms with Gasteiger partial charge >= 0.3 is 0 Å². The van der Waals surface area contributed by atoms with Crippen LogP contribution >= 0.6 is 0 Å². The van der Waals surface area contributed by atoms with Gasteiger partial charge in [-0.05, 0) is 25.7 Å². The summed E-state index contributed by atoms with van der Waals surface area (Å²) < 4.78 is 11.4. The minimum absolute atomic E-state index is 0.0411. The molecule has 3 saturated heterocycles. The van der Waals surface area contributed by atoms with Crippen LogP contribution in [0.5, 0.6) is 5.88 Å². The molecule has 1 spiro atoms. The van der Waals surface area contributed by atoms with Crippen molar-refractivity contribution >= 4 is 11.7 Å². The minimum atomic E-state index is -0.0411. The van der Waals surface area contributed by atoms with Crippen LogP contribution in [0.25, 0.3) is 0 Å². The molecular formula is C18H26N4O3. The first kappa shape index (κ1) is 16.6. The van der Waals surface area contributed by atoms with E-state index in [0.29, 0.717) is 17.7 Å². The summed E-state index contributed by atoms with van der Waals surface area (Å²) in [5, 5.41) is 0. The van der Waals surface area contributed by atoms with E-state index in [1.165, 1.54) is 6.33 Å². The number of nitrogens with zero attached hydrogens (tertiary/aromatic N) is 4. The Morgan fingerprint density at radius 1 is 1.36 bits per heavy atom. The number of anilines is 1. The first-order valence-corrected chi connectivity index (χ1v) is 9.20. The molecule has 0 unspecified atom stereocenters. The molecule has 0 bridgehead atoms. The molecule has 3 aliphatic rings. The molecule has 7 heteroatoms. The zero-order chi connectivity index (χ0) is 17.3. The molecule has 1 aromatic heterocycles. The lowest BCUT2D eigenvalue weighted by atomic mass is 9.82. The molecule has 1 amide bonds. The van der Waals surface area contributed by atoms with Crippen molar-refractivity contribution in [3.63, 3.8) is 0 Å². The number of aromatic nitrogens is 2. The van der Waals surface area contributed by atoms with Crippen molar-refractivity contribution in [2.45, 2.75) is 37.7 Å². The van der Waals surface area contributed by atoms with Crippen LogP contribution in [0.3, 0.4) is 0 Å². The van der Waals surface area contributed by atoms with Gasteiger partial charge in [-0.15, -0.1) is 0 Å². The zero-order valence-electron chi connectivity index (χ0n) is 14.8. The second-order valence-electron chi connectivity index (χ2n) is 7.47.